The van der Waals surface area contributed by atoms with Crippen molar-refractivity contribution < 1.29 is 9.53 Å². The minimum absolute atomic E-state index is 0.246. The molecule has 1 rings (SSSR count). The zero-order valence-corrected chi connectivity index (χ0v) is 11.6. The number of carbonyl (C=O) groups excluding carboxylic acids is 1. The first-order valence-electron chi connectivity index (χ1n) is 5.98. The fourth-order valence-electron chi connectivity index (χ4n) is 0.729. The number of nitrogens with two attached hydrogens (primary N) is 1. The third kappa shape index (κ3) is 17.1. The lowest BCUT2D eigenvalue weighted by atomic mass is 10.2. The fourth-order valence-corrected chi connectivity index (χ4v) is 0.729. The molecule has 0 saturated heterocycles. The van der Waals surface area contributed by atoms with Crippen molar-refractivity contribution in [3.8, 4) is 0 Å². The minimum Gasteiger partial charge on any atom is -0.445 e. The standard InChI is InChI=1S/C8H9NO2.C4H10.C2H6/c9-8(10)11-6-7-4-2-1-3-5-7;1-4(2)3;1-2/h1-5H,6H2,(H2,9,10);4H,1-3H3;1-2H3. The first kappa shape index (κ1) is 17.9. The van der Waals surface area contributed by atoms with E-state index in [0.717, 1.165) is 11.5 Å². The van der Waals surface area contributed by atoms with E-state index in [2.05, 4.69) is 25.5 Å². The normalized spacial score (nSPS) is 8.35. The Labute approximate surface area is 105 Å². The third-order valence-electron chi connectivity index (χ3n) is 1.22. The molecule has 0 unspecified atom stereocenters. The van der Waals surface area contributed by atoms with Gasteiger partial charge in [0.15, 0.2) is 0 Å². The second kappa shape index (κ2) is 12.6. The predicted molar refractivity (Wildman–Crippen MR) is 72.7 cm³/mol. The van der Waals surface area contributed by atoms with E-state index < -0.39 is 6.09 Å². The highest BCUT2D eigenvalue weighted by Crippen LogP contribution is 1.99. The molecule has 0 radical (unpaired) electrons. The third-order valence-corrected chi connectivity index (χ3v) is 1.22. The lowest BCUT2D eigenvalue weighted by Crippen LogP contribution is -2.12. The van der Waals surface area contributed by atoms with Crippen molar-refractivity contribution in [1.82, 2.24) is 0 Å². The highest BCUT2D eigenvalue weighted by atomic mass is 16.5. The van der Waals surface area contributed by atoms with Gasteiger partial charge in [-0.2, -0.15) is 0 Å². The summed E-state index contributed by atoms with van der Waals surface area (Å²) in [5.74, 6) is 0.833. The van der Waals surface area contributed by atoms with E-state index >= 15 is 0 Å². The molecule has 17 heavy (non-hydrogen) atoms. The van der Waals surface area contributed by atoms with Crippen LogP contribution in [0, 0.1) is 5.92 Å². The zero-order chi connectivity index (χ0) is 13.7. The van der Waals surface area contributed by atoms with Crippen LogP contribution in [0.5, 0.6) is 0 Å². The van der Waals surface area contributed by atoms with Crippen LogP contribution in [0.4, 0.5) is 4.79 Å². The molecule has 0 aliphatic rings. The Morgan fingerprint density at radius 3 is 1.94 bits per heavy atom. The number of amides is 1. The minimum atomic E-state index is -0.742. The van der Waals surface area contributed by atoms with Crippen LogP contribution in [0.3, 0.4) is 0 Å². The fraction of sp³-hybridized carbons (Fsp3) is 0.500. The SMILES string of the molecule is CC.CC(C)C.NC(=O)OCc1ccccc1. The smallest absolute Gasteiger partial charge is 0.404 e. The van der Waals surface area contributed by atoms with Crippen LogP contribution in [0.1, 0.15) is 40.2 Å². The lowest BCUT2D eigenvalue weighted by molar-refractivity contribution is 0.150. The quantitative estimate of drug-likeness (QED) is 0.849. The number of primary amides is 1. The average molecular weight is 239 g/mol. The molecule has 0 fully saturated rings. The summed E-state index contributed by atoms with van der Waals surface area (Å²) < 4.78 is 4.57. The molecule has 0 aliphatic carbocycles. The highest BCUT2D eigenvalue weighted by molar-refractivity contribution is 5.64. The van der Waals surface area contributed by atoms with Gasteiger partial charge in [-0.3, -0.25) is 0 Å². The van der Waals surface area contributed by atoms with Crippen molar-refractivity contribution in [3.63, 3.8) is 0 Å². The molecule has 1 aromatic carbocycles. The van der Waals surface area contributed by atoms with Crippen LogP contribution in [0.2, 0.25) is 0 Å². The second-order valence-electron chi connectivity index (χ2n) is 3.83. The van der Waals surface area contributed by atoms with Crippen LogP contribution < -0.4 is 5.73 Å². The Morgan fingerprint density at radius 2 is 1.59 bits per heavy atom. The molecule has 0 saturated carbocycles. The highest BCUT2D eigenvalue weighted by Gasteiger charge is 1.93. The average Bonchev–Trinajstić information content (AvgIpc) is 2.30. The van der Waals surface area contributed by atoms with Gasteiger partial charge in [-0.25, -0.2) is 4.79 Å². The lowest BCUT2D eigenvalue weighted by Gasteiger charge is -1.99. The van der Waals surface area contributed by atoms with Crippen LogP contribution in [-0.2, 0) is 11.3 Å². The van der Waals surface area contributed by atoms with Crippen molar-refractivity contribution in [2.24, 2.45) is 11.7 Å². The summed E-state index contributed by atoms with van der Waals surface area (Å²) in [6.07, 6.45) is -0.742. The van der Waals surface area contributed by atoms with Gasteiger partial charge < -0.3 is 10.5 Å². The van der Waals surface area contributed by atoms with Gasteiger partial charge in [-0.15, -0.1) is 0 Å². The van der Waals surface area contributed by atoms with E-state index in [4.69, 9.17) is 5.73 Å². The second-order valence-corrected chi connectivity index (χ2v) is 3.83. The van der Waals surface area contributed by atoms with Gasteiger partial charge in [-0.1, -0.05) is 65.0 Å². The largest absolute Gasteiger partial charge is 0.445 e. The Hall–Kier alpha value is -1.51. The van der Waals surface area contributed by atoms with Crippen molar-refractivity contribution >= 4 is 6.09 Å². The molecule has 0 bridgehead atoms. The zero-order valence-electron chi connectivity index (χ0n) is 11.6. The summed E-state index contributed by atoms with van der Waals surface area (Å²) >= 11 is 0. The molecule has 3 heteroatoms. The molecule has 1 amide bonds. The number of ether oxygens (including phenoxy) is 1. The van der Waals surface area contributed by atoms with E-state index in [9.17, 15) is 4.79 Å². The summed E-state index contributed by atoms with van der Waals surface area (Å²) in [4.78, 5) is 10.2. The summed E-state index contributed by atoms with van der Waals surface area (Å²) in [7, 11) is 0. The van der Waals surface area contributed by atoms with Gasteiger partial charge in [-0.05, 0) is 11.5 Å². The molecule has 0 aromatic heterocycles. The van der Waals surface area contributed by atoms with Gasteiger partial charge >= 0.3 is 6.09 Å². The van der Waals surface area contributed by atoms with E-state index in [1.807, 2.05) is 44.2 Å². The maximum atomic E-state index is 10.2. The first-order valence-corrected chi connectivity index (χ1v) is 5.98. The van der Waals surface area contributed by atoms with Gasteiger partial charge in [0.25, 0.3) is 0 Å². The van der Waals surface area contributed by atoms with Crippen LogP contribution in [0.15, 0.2) is 30.3 Å². The molecule has 0 spiro atoms. The van der Waals surface area contributed by atoms with Gasteiger partial charge in [0.1, 0.15) is 6.61 Å². The van der Waals surface area contributed by atoms with Crippen molar-refractivity contribution in [3.05, 3.63) is 35.9 Å². The number of carbonyl (C=O) groups is 1. The summed E-state index contributed by atoms with van der Waals surface area (Å²) in [6, 6.07) is 9.37. The molecule has 0 atom stereocenters. The predicted octanol–water partition coefficient (Wildman–Crippen LogP) is 3.97. The molecule has 3 nitrogen and oxygen atoms in total. The molecule has 2 N–H and O–H groups in total. The van der Waals surface area contributed by atoms with Gasteiger partial charge in [0.2, 0.25) is 0 Å². The van der Waals surface area contributed by atoms with Crippen molar-refractivity contribution in [2.75, 3.05) is 0 Å². The molecular formula is C14H25NO2. The number of rotatable bonds is 2. The topological polar surface area (TPSA) is 52.3 Å². The maximum absolute atomic E-state index is 10.2. The van der Waals surface area contributed by atoms with Crippen LogP contribution >= 0.6 is 0 Å². The number of hydrogen-bond acceptors (Lipinski definition) is 2. The summed E-state index contributed by atoms with van der Waals surface area (Å²) in [5, 5.41) is 0. The monoisotopic (exact) mass is 239 g/mol. The Balaban J connectivity index is 0. The van der Waals surface area contributed by atoms with Crippen molar-refractivity contribution in [2.45, 2.75) is 41.2 Å². The van der Waals surface area contributed by atoms with Crippen molar-refractivity contribution in [1.29, 1.82) is 0 Å². The van der Waals surface area contributed by atoms with E-state index in [1.54, 1.807) is 0 Å². The molecular weight excluding hydrogens is 214 g/mol. The Bertz CT molecular complexity index is 268. The molecule has 0 aliphatic heterocycles. The Kier molecular flexibility index (Phi) is 13.2. The van der Waals surface area contributed by atoms with Gasteiger partial charge in [0.05, 0.1) is 0 Å². The Morgan fingerprint density at radius 1 is 1.18 bits per heavy atom. The first-order chi connectivity index (χ1) is 8.02. The maximum Gasteiger partial charge on any atom is 0.404 e. The van der Waals surface area contributed by atoms with Crippen LogP contribution in [-0.4, -0.2) is 6.09 Å². The summed E-state index contributed by atoms with van der Waals surface area (Å²) in [6.45, 7) is 10.7. The van der Waals surface area contributed by atoms with E-state index in [-0.39, 0.29) is 6.61 Å². The van der Waals surface area contributed by atoms with Crippen LogP contribution in [0.25, 0.3) is 0 Å². The summed E-state index contributed by atoms with van der Waals surface area (Å²) in [5.41, 5.74) is 5.72. The van der Waals surface area contributed by atoms with E-state index in [1.165, 1.54) is 0 Å². The van der Waals surface area contributed by atoms with Gasteiger partial charge in [0, 0.05) is 0 Å². The number of hydrogen-bond donors (Lipinski definition) is 1. The molecule has 98 valence electrons. The molecule has 1 aromatic rings. The van der Waals surface area contributed by atoms with E-state index in [0.29, 0.717) is 0 Å². The molecule has 0 heterocycles. The number of benzene rings is 1.